The van der Waals surface area contributed by atoms with Gasteiger partial charge in [0, 0.05) is 19.7 Å². The third-order valence-electron chi connectivity index (χ3n) is 1.12. The maximum Gasteiger partial charge on any atom is 0.217 e. The number of aromatic nitrogens is 1. The highest BCUT2D eigenvalue weighted by atomic mass is 16.1. The molecule has 0 aliphatic rings. The van der Waals surface area contributed by atoms with Crippen LogP contribution in [0.4, 0.5) is 5.82 Å². The number of nitrogens with two attached hydrogens (primary N) is 1. The molecule has 4 nitrogen and oxygen atoms in total. The van der Waals surface area contributed by atoms with Crippen LogP contribution >= 0.6 is 0 Å². The van der Waals surface area contributed by atoms with E-state index >= 15 is 0 Å². The van der Waals surface area contributed by atoms with Crippen molar-refractivity contribution in [1.82, 2.24) is 10.3 Å². The molecule has 0 unspecified atom stereocenters. The first-order valence-corrected chi connectivity index (χ1v) is 3.91. The number of carbonyl (C=O) groups is 1. The predicted octanol–water partition coefficient (Wildman–Crippen LogP) is 0.905. The molecule has 1 heterocycles. The van der Waals surface area contributed by atoms with Crippen LogP contribution in [0.15, 0.2) is 31.0 Å². The zero-order chi connectivity index (χ0) is 10.1. The number of anilines is 1. The number of hydrogen-bond acceptors (Lipinski definition) is 2. The number of carbonyl (C=O) groups excluding carboxylic acids is 1. The first kappa shape index (κ1) is 11.3. The highest BCUT2D eigenvalue weighted by Crippen LogP contribution is 1.90. The lowest BCUT2D eigenvalue weighted by Gasteiger charge is -1.90. The molecule has 1 amide bonds. The van der Waals surface area contributed by atoms with E-state index in [4.69, 9.17) is 5.73 Å². The van der Waals surface area contributed by atoms with E-state index in [0.717, 1.165) is 5.82 Å². The van der Waals surface area contributed by atoms with Crippen LogP contribution in [-0.2, 0) is 4.79 Å². The summed E-state index contributed by atoms with van der Waals surface area (Å²) in [5.41, 5.74) is 5.22. The minimum atomic E-state index is -0.0140. The van der Waals surface area contributed by atoms with Crippen molar-refractivity contribution in [3.63, 3.8) is 0 Å². The zero-order valence-corrected chi connectivity index (χ0v) is 7.71. The molecule has 1 aromatic heterocycles. The van der Waals surface area contributed by atoms with Crippen molar-refractivity contribution >= 4 is 11.7 Å². The summed E-state index contributed by atoms with van der Waals surface area (Å²) in [6, 6.07) is 3.66. The molecule has 0 fully saturated rings. The third kappa shape index (κ3) is 8.19. The molecule has 0 aliphatic carbocycles. The van der Waals surface area contributed by atoms with Crippen molar-refractivity contribution in [3.05, 3.63) is 31.0 Å². The van der Waals surface area contributed by atoms with Gasteiger partial charge in [-0.15, -0.1) is 6.58 Å². The normalized spacial score (nSPS) is 8.08. The van der Waals surface area contributed by atoms with Crippen molar-refractivity contribution in [2.45, 2.75) is 6.92 Å². The lowest BCUT2D eigenvalue weighted by molar-refractivity contribution is -0.118. The number of rotatable bonds is 2. The number of aromatic amines is 1. The molecule has 0 saturated heterocycles. The standard InChI is InChI=1S/C5H9NO.C4H6N2/c1-3-4-6-5(2)7;5-4-2-1-3-6-4/h3H,1,4H2,2H3,(H,6,7);1-3,6H,5H2. The van der Waals surface area contributed by atoms with E-state index in [1.54, 1.807) is 18.3 Å². The largest absolute Gasteiger partial charge is 0.385 e. The molecule has 13 heavy (non-hydrogen) atoms. The van der Waals surface area contributed by atoms with Crippen molar-refractivity contribution in [2.75, 3.05) is 12.3 Å². The van der Waals surface area contributed by atoms with Gasteiger partial charge in [-0.25, -0.2) is 0 Å². The average Bonchev–Trinajstić information content (AvgIpc) is 2.53. The fraction of sp³-hybridized carbons (Fsp3) is 0.222. The zero-order valence-electron chi connectivity index (χ0n) is 7.71. The van der Waals surface area contributed by atoms with Gasteiger partial charge in [-0.2, -0.15) is 0 Å². The Kier molecular flexibility index (Phi) is 6.05. The molecule has 1 aromatic rings. The molecule has 0 atom stereocenters. The Morgan fingerprint density at radius 1 is 1.85 bits per heavy atom. The van der Waals surface area contributed by atoms with Gasteiger partial charge in [0.2, 0.25) is 5.91 Å². The summed E-state index contributed by atoms with van der Waals surface area (Å²) in [5.74, 6) is 0.704. The van der Waals surface area contributed by atoms with Crippen LogP contribution < -0.4 is 11.1 Å². The Hall–Kier alpha value is -1.71. The third-order valence-corrected chi connectivity index (χ3v) is 1.12. The van der Waals surface area contributed by atoms with Gasteiger partial charge in [0.15, 0.2) is 0 Å². The second-order valence-corrected chi connectivity index (χ2v) is 2.35. The van der Waals surface area contributed by atoms with Crippen LogP contribution in [0.1, 0.15) is 6.92 Å². The molecule has 0 spiro atoms. The van der Waals surface area contributed by atoms with Crippen LogP contribution in [-0.4, -0.2) is 17.4 Å². The minimum Gasteiger partial charge on any atom is -0.385 e. The monoisotopic (exact) mass is 181 g/mol. The topological polar surface area (TPSA) is 70.9 Å². The summed E-state index contributed by atoms with van der Waals surface area (Å²) in [6.45, 7) is 5.46. The van der Waals surface area contributed by atoms with Crippen molar-refractivity contribution in [3.8, 4) is 0 Å². The number of hydrogen-bond donors (Lipinski definition) is 3. The summed E-state index contributed by atoms with van der Waals surface area (Å²) in [6.07, 6.45) is 3.43. The Labute approximate surface area is 77.8 Å². The van der Waals surface area contributed by atoms with E-state index < -0.39 is 0 Å². The van der Waals surface area contributed by atoms with Gasteiger partial charge in [-0.05, 0) is 12.1 Å². The molecule has 1 rings (SSSR count). The summed E-state index contributed by atoms with van der Waals surface area (Å²) < 4.78 is 0. The summed E-state index contributed by atoms with van der Waals surface area (Å²) >= 11 is 0. The molecule has 72 valence electrons. The summed E-state index contributed by atoms with van der Waals surface area (Å²) in [7, 11) is 0. The molecular formula is C9H15N3O. The summed E-state index contributed by atoms with van der Waals surface area (Å²) in [4.78, 5) is 12.8. The van der Waals surface area contributed by atoms with Crippen molar-refractivity contribution < 1.29 is 4.79 Å². The van der Waals surface area contributed by atoms with Crippen LogP contribution in [0.3, 0.4) is 0 Å². The van der Waals surface area contributed by atoms with Gasteiger partial charge in [-0.3, -0.25) is 4.79 Å². The Morgan fingerprint density at radius 2 is 2.54 bits per heavy atom. The number of amides is 1. The molecule has 0 bridgehead atoms. The SMILES string of the molecule is C=CCNC(C)=O.Nc1ccc[nH]1. The molecule has 0 aliphatic heterocycles. The average molecular weight is 181 g/mol. The molecule has 0 radical (unpaired) electrons. The molecule has 0 saturated carbocycles. The van der Waals surface area contributed by atoms with Gasteiger partial charge >= 0.3 is 0 Å². The van der Waals surface area contributed by atoms with Crippen molar-refractivity contribution in [1.29, 1.82) is 0 Å². The molecule has 0 aromatic carbocycles. The van der Waals surface area contributed by atoms with Gasteiger partial charge in [0.1, 0.15) is 5.82 Å². The molecular weight excluding hydrogens is 166 g/mol. The fourth-order valence-electron chi connectivity index (χ4n) is 0.560. The quantitative estimate of drug-likeness (QED) is 0.593. The summed E-state index contributed by atoms with van der Waals surface area (Å²) in [5, 5.41) is 2.54. The van der Waals surface area contributed by atoms with Crippen LogP contribution in [0.25, 0.3) is 0 Å². The highest BCUT2D eigenvalue weighted by Gasteiger charge is 1.80. The lowest BCUT2D eigenvalue weighted by atomic mass is 10.6. The predicted molar refractivity (Wildman–Crippen MR) is 54.1 cm³/mol. The highest BCUT2D eigenvalue weighted by molar-refractivity contribution is 5.72. The van der Waals surface area contributed by atoms with Gasteiger partial charge in [0.05, 0.1) is 0 Å². The second-order valence-electron chi connectivity index (χ2n) is 2.35. The van der Waals surface area contributed by atoms with Crippen LogP contribution in [0, 0.1) is 0 Å². The smallest absolute Gasteiger partial charge is 0.217 e. The van der Waals surface area contributed by atoms with E-state index in [2.05, 4.69) is 16.9 Å². The lowest BCUT2D eigenvalue weighted by Crippen LogP contribution is -2.18. The van der Waals surface area contributed by atoms with Gasteiger partial charge < -0.3 is 16.0 Å². The molecule has 4 N–H and O–H groups in total. The molecule has 4 heteroatoms. The van der Waals surface area contributed by atoms with E-state index in [9.17, 15) is 4.79 Å². The van der Waals surface area contributed by atoms with Crippen molar-refractivity contribution in [2.24, 2.45) is 0 Å². The maximum absolute atomic E-state index is 10.0. The van der Waals surface area contributed by atoms with Gasteiger partial charge in [-0.1, -0.05) is 6.08 Å². The first-order chi connectivity index (χ1) is 6.16. The number of nitrogen functional groups attached to an aromatic ring is 1. The maximum atomic E-state index is 10.0. The van der Waals surface area contributed by atoms with E-state index in [1.165, 1.54) is 6.92 Å². The van der Waals surface area contributed by atoms with Crippen LogP contribution in [0.2, 0.25) is 0 Å². The van der Waals surface area contributed by atoms with E-state index in [-0.39, 0.29) is 5.91 Å². The number of nitrogens with one attached hydrogen (secondary N) is 2. The van der Waals surface area contributed by atoms with Crippen LogP contribution in [0.5, 0.6) is 0 Å². The second kappa shape index (κ2) is 6.97. The Morgan fingerprint density at radius 3 is 2.69 bits per heavy atom. The van der Waals surface area contributed by atoms with Gasteiger partial charge in [0.25, 0.3) is 0 Å². The Bertz CT molecular complexity index is 241. The minimum absolute atomic E-state index is 0.0140. The fourth-order valence-corrected chi connectivity index (χ4v) is 0.560. The van der Waals surface area contributed by atoms with E-state index in [1.807, 2.05) is 6.07 Å². The first-order valence-electron chi connectivity index (χ1n) is 3.91. The number of H-pyrrole nitrogens is 1. The van der Waals surface area contributed by atoms with E-state index in [0.29, 0.717) is 6.54 Å². The Balaban J connectivity index is 0.000000223.